The highest BCUT2D eigenvalue weighted by Crippen LogP contribution is 1.91. The third-order valence-electron chi connectivity index (χ3n) is 0.974. The molecule has 0 aliphatic carbocycles. The highest BCUT2D eigenvalue weighted by atomic mass is 32.1. The van der Waals surface area contributed by atoms with Crippen LogP contribution in [0.25, 0.3) is 0 Å². The third-order valence-corrected chi connectivity index (χ3v) is 1.28. The molecule has 0 aromatic rings. The maximum Gasteiger partial charge on any atom is 0.130 e. The lowest BCUT2D eigenvalue weighted by atomic mass is 10.2. The molecule has 0 amide bonds. The highest BCUT2D eigenvalue weighted by Gasteiger charge is 1.92. The van der Waals surface area contributed by atoms with E-state index in [1.165, 1.54) is 0 Å². The molecule has 1 N–H and O–H groups in total. The van der Waals surface area contributed by atoms with E-state index in [1.54, 1.807) is 0 Å². The first kappa shape index (κ1) is 11.2. The quantitative estimate of drug-likeness (QED) is 0.392. The van der Waals surface area contributed by atoms with E-state index in [4.69, 9.17) is 17.0 Å². The van der Waals surface area contributed by atoms with E-state index in [0.29, 0.717) is 16.8 Å². The van der Waals surface area contributed by atoms with Crippen molar-refractivity contribution in [2.45, 2.75) is 13.8 Å². The second-order valence-electron chi connectivity index (χ2n) is 2.70. The summed E-state index contributed by atoms with van der Waals surface area (Å²) in [6.07, 6.45) is 0. The summed E-state index contributed by atoms with van der Waals surface area (Å²) < 4.78 is 5.82. The van der Waals surface area contributed by atoms with Crippen molar-refractivity contribution in [3.63, 3.8) is 0 Å². The van der Waals surface area contributed by atoms with Crippen LogP contribution in [0.1, 0.15) is 13.8 Å². The van der Waals surface area contributed by atoms with Crippen LogP contribution in [0.15, 0.2) is 0 Å². The minimum absolute atomic E-state index is 0.526. The molecule has 4 heteroatoms. The minimum Gasteiger partial charge on any atom is -0.379 e. The van der Waals surface area contributed by atoms with Gasteiger partial charge in [-0.3, -0.25) is 0 Å². The van der Waals surface area contributed by atoms with Crippen molar-refractivity contribution < 1.29 is 4.74 Å². The van der Waals surface area contributed by atoms with Crippen molar-refractivity contribution in [3.05, 3.63) is 0 Å². The number of hydrogen-bond acceptors (Lipinski definition) is 2. The van der Waals surface area contributed by atoms with Crippen LogP contribution in [0.2, 0.25) is 0 Å². The SMILES string of the molecule is CC(C)COCCNC(=S)S. The Morgan fingerprint density at radius 3 is 2.73 bits per heavy atom. The standard InChI is InChI=1S/C7H15NOS2/c1-6(2)5-9-4-3-8-7(10)11/h6H,3-5H2,1-2H3,(H2,8,10,11). The fraction of sp³-hybridized carbons (Fsp3) is 0.857. The molecule has 0 unspecified atom stereocenters. The largest absolute Gasteiger partial charge is 0.379 e. The van der Waals surface area contributed by atoms with E-state index < -0.39 is 0 Å². The minimum atomic E-state index is 0.526. The summed E-state index contributed by atoms with van der Waals surface area (Å²) in [5, 5.41) is 2.89. The summed E-state index contributed by atoms with van der Waals surface area (Å²) in [4.78, 5) is 0. The second kappa shape index (κ2) is 6.88. The van der Waals surface area contributed by atoms with Gasteiger partial charge in [0.05, 0.1) is 6.61 Å². The van der Waals surface area contributed by atoms with Gasteiger partial charge >= 0.3 is 0 Å². The van der Waals surface area contributed by atoms with Gasteiger partial charge in [-0.1, -0.05) is 26.1 Å². The maximum absolute atomic E-state index is 5.29. The first-order chi connectivity index (χ1) is 5.13. The Kier molecular flexibility index (Phi) is 7.01. The molecule has 2 nitrogen and oxygen atoms in total. The molecule has 0 aliphatic rings. The molecule has 0 saturated carbocycles. The monoisotopic (exact) mass is 193 g/mol. The molecule has 0 aromatic heterocycles. The Morgan fingerprint density at radius 1 is 1.64 bits per heavy atom. The number of nitrogens with one attached hydrogen (secondary N) is 1. The lowest BCUT2D eigenvalue weighted by molar-refractivity contribution is 0.114. The van der Waals surface area contributed by atoms with Crippen molar-refractivity contribution in [1.82, 2.24) is 5.32 Å². The first-order valence-electron chi connectivity index (χ1n) is 3.67. The summed E-state index contributed by atoms with van der Waals surface area (Å²) in [6.45, 7) is 6.49. The Balaban J connectivity index is 2.97. The Labute approximate surface area is 79.1 Å². The summed E-state index contributed by atoms with van der Waals surface area (Å²) in [6, 6.07) is 0. The van der Waals surface area contributed by atoms with Gasteiger partial charge in [-0.15, -0.1) is 12.6 Å². The molecule has 0 rings (SSSR count). The van der Waals surface area contributed by atoms with Crippen LogP contribution in [0.3, 0.4) is 0 Å². The van der Waals surface area contributed by atoms with Crippen molar-refractivity contribution in [2.24, 2.45) is 5.92 Å². The molecule has 0 spiro atoms. The topological polar surface area (TPSA) is 21.3 Å². The molecule has 0 aromatic carbocycles. The van der Waals surface area contributed by atoms with Gasteiger partial charge in [0.2, 0.25) is 0 Å². The van der Waals surface area contributed by atoms with Crippen LogP contribution in [-0.2, 0) is 4.74 Å². The molecule has 0 fully saturated rings. The Hall–Kier alpha value is 0.200. The van der Waals surface area contributed by atoms with Crippen molar-refractivity contribution >= 4 is 29.2 Å². The van der Waals surface area contributed by atoms with Gasteiger partial charge in [-0.25, -0.2) is 0 Å². The molecule has 11 heavy (non-hydrogen) atoms. The van der Waals surface area contributed by atoms with Gasteiger partial charge in [0.15, 0.2) is 0 Å². The Bertz CT molecular complexity index is 117. The predicted molar refractivity (Wildman–Crippen MR) is 55.2 cm³/mol. The first-order valence-corrected chi connectivity index (χ1v) is 4.53. The zero-order valence-electron chi connectivity index (χ0n) is 6.96. The normalized spacial score (nSPS) is 10.2. The van der Waals surface area contributed by atoms with Gasteiger partial charge in [0.1, 0.15) is 4.32 Å². The maximum atomic E-state index is 5.29. The van der Waals surface area contributed by atoms with Gasteiger partial charge in [-0.05, 0) is 5.92 Å². The lowest BCUT2D eigenvalue weighted by Gasteiger charge is -2.06. The van der Waals surface area contributed by atoms with E-state index in [-0.39, 0.29) is 0 Å². The predicted octanol–water partition coefficient (Wildman–Crippen LogP) is 1.46. The molecular weight excluding hydrogens is 178 g/mol. The van der Waals surface area contributed by atoms with E-state index >= 15 is 0 Å². The molecule has 0 atom stereocenters. The van der Waals surface area contributed by atoms with Crippen LogP contribution in [0.4, 0.5) is 0 Å². The van der Waals surface area contributed by atoms with E-state index in [0.717, 1.165) is 13.2 Å². The fourth-order valence-corrected chi connectivity index (χ4v) is 0.763. The van der Waals surface area contributed by atoms with Crippen molar-refractivity contribution in [2.75, 3.05) is 19.8 Å². The molecule has 0 radical (unpaired) electrons. The smallest absolute Gasteiger partial charge is 0.130 e. The van der Waals surface area contributed by atoms with Gasteiger partial charge in [0.25, 0.3) is 0 Å². The van der Waals surface area contributed by atoms with Gasteiger partial charge in [0, 0.05) is 13.2 Å². The number of ether oxygens (including phenoxy) is 1. The van der Waals surface area contributed by atoms with Crippen molar-refractivity contribution in [3.8, 4) is 0 Å². The van der Waals surface area contributed by atoms with Crippen LogP contribution < -0.4 is 5.32 Å². The molecule has 0 aliphatic heterocycles. The molecule has 66 valence electrons. The van der Waals surface area contributed by atoms with Crippen LogP contribution in [-0.4, -0.2) is 24.1 Å². The van der Waals surface area contributed by atoms with Gasteiger partial charge in [-0.2, -0.15) is 0 Å². The third kappa shape index (κ3) is 10.2. The zero-order chi connectivity index (χ0) is 8.69. The van der Waals surface area contributed by atoms with Crippen LogP contribution in [0.5, 0.6) is 0 Å². The summed E-state index contributed by atoms with van der Waals surface area (Å²) in [5.41, 5.74) is 0. The average molecular weight is 193 g/mol. The van der Waals surface area contributed by atoms with E-state index in [9.17, 15) is 0 Å². The molecule has 0 bridgehead atoms. The molecule has 0 saturated heterocycles. The Morgan fingerprint density at radius 2 is 2.27 bits per heavy atom. The van der Waals surface area contributed by atoms with Crippen LogP contribution >= 0.6 is 24.8 Å². The average Bonchev–Trinajstić information content (AvgIpc) is 1.85. The number of hydrogen-bond donors (Lipinski definition) is 2. The lowest BCUT2D eigenvalue weighted by Crippen LogP contribution is -2.22. The van der Waals surface area contributed by atoms with E-state index in [2.05, 4.69) is 31.8 Å². The summed E-state index contributed by atoms with van der Waals surface area (Å²) in [5.74, 6) is 0.595. The number of thiocarbonyl (C=S) groups is 1. The van der Waals surface area contributed by atoms with E-state index in [1.807, 2.05) is 0 Å². The number of rotatable bonds is 5. The fourth-order valence-electron chi connectivity index (χ4n) is 0.549. The highest BCUT2D eigenvalue weighted by molar-refractivity contribution is 8.11. The van der Waals surface area contributed by atoms with Gasteiger partial charge < -0.3 is 10.1 Å². The summed E-state index contributed by atoms with van der Waals surface area (Å²) >= 11 is 8.60. The zero-order valence-corrected chi connectivity index (χ0v) is 8.67. The summed E-state index contributed by atoms with van der Waals surface area (Å²) in [7, 11) is 0. The molecular formula is C7H15NOS2. The van der Waals surface area contributed by atoms with Crippen molar-refractivity contribution in [1.29, 1.82) is 0 Å². The second-order valence-corrected chi connectivity index (χ2v) is 3.86. The molecule has 0 heterocycles. The number of thiol groups is 1. The van der Waals surface area contributed by atoms with Crippen LogP contribution in [0, 0.1) is 5.92 Å².